The first-order chi connectivity index (χ1) is 10.2. The third-order valence-corrected chi connectivity index (χ3v) is 3.86. The smallest absolute Gasteiger partial charge is 0.255 e. The van der Waals surface area contributed by atoms with Gasteiger partial charge in [-0.25, -0.2) is 0 Å². The molecule has 0 atom stereocenters. The lowest BCUT2D eigenvalue weighted by Crippen LogP contribution is -2.46. The van der Waals surface area contributed by atoms with Gasteiger partial charge in [-0.1, -0.05) is 0 Å². The number of amides is 2. The normalized spacial score (nSPS) is 15.8. The average molecular weight is 310 g/mol. The number of hydrogen-bond acceptors (Lipinski definition) is 3. The Labute approximate surface area is 129 Å². The number of halogens is 1. The number of rotatable bonds is 5. The summed E-state index contributed by atoms with van der Waals surface area (Å²) in [6, 6.07) is 3.69. The number of nitrogens with one attached hydrogen (secondary N) is 1. The van der Waals surface area contributed by atoms with E-state index in [0.717, 1.165) is 12.8 Å². The Balaban J connectivity index is 1.78. The first-order valence-corrected chi connectivity index (χ1v) is 7.79. The number of pyridine rings is 1. The van der Waals surface area contributed by atoms with Crippen LogP contribution in [0.4, 0.5) is 0 Å². The SMILES string of the molecule is O=C(CCCCl)NC1CCN(C(=O)c2cccnc2)CC1. The van der Waals surface area contributed by atoms with Gasteiger partial charge in [0.15, 0.2) is 0 Å². The number of likely N-dealkylation sites (tertiary alicyclic amines) is 1. The van der Waals surface area contributed by atoms with Crippen molar-refractivity contribution in [3.05, 3.63) is 30.1 Å². The van der Waals surface area contributed by atoms with Crippen LogP contribution in [-0.2, 0) is 4.79 Å². The minimum absolute atomic E-state index is 0.00927. The van der Waals surface area contributed by atoms with Gasteiger partial charge in [-0.05, 0) is 31.4 Å². The molecule has 0 radical (unpaired) electrons. The molecule has 0 aromatic carbocycles. The number of aromatic nitrogens is 1. The first kappa shape index (κ1) is 15.8. The van der Waals surface area contributed by atoms with Crippen LogP contribution in [0.1, 0.15) is 36.0 Å². The van der Waals surface area contributed by atoms with Crippen LogP contribution in [0.3, 0.4) is 0 Å². The van der Waals surface area contributed by atoms with E-state index >= 15 is 0 Å². The van der Waals surface area contributed by atoms with Gasteiger partial charge < -0.3 is 10.2 Å². The Morgan fingerprint density at radius 3 is 2.76 bits per heavy atom. The highest BCUT2D eigenvalue weighted by molar-refractivity contribution is 6.17. The topological polar surface area (TPSA) is 62.3 Å². The zero-order valence-electron chi connectivity index (χ0n) is 11.9. The van der Waals surface area contributed by atoms with Crippen molar-refractivity contribution < 1.29 is 9.59 Å². The van der Waals surface area contributed by atoms with Crippen LogP contribution >= 0.6 is 11.6 Å². The van der Waals surface area contributed by atoms with E-state index in [1.165, 1.54) is 0 Å². The molecular formula is C15H20ClN3O2. The Bertz CT molecular complexity index is 473. The van der Waals surface area contributed by atoms with E-state index in [0.29, 0.717) is 37.4 Å². The molecule has 1 saturated heterocycles. The van der Waals surface area contributed by atoms with Crippen LogP contribution in [0.15, 0.2) is 24.5 Å². The molecule has 21 heavy (non-hydrogen) atoms. The predicted octanol–water partition coefficient (Wildman–Crippen LogP) is 1.82. The maximum Gasteiger partial charge on any atom is 0.255 e. The second-order valence-electron chi connectivity index (χ2n) is 5.17. The van der Waals surface area contributed by atoms with Gasteiger partial charge in [0.05, 0.1) is 5.56 Å². The number of alkyl halides is 1. The van der Waals surface area contributed by atoms with Crippen molar-refractivity contribution >= 4 is 23.4 Å². The molecule has 1 aliphatic heterocycles. The zero-order valence-corrected chi connectivity index (χ0v) is 12.7. The molecule has 0 bridgehead atoms. The van der Waals surface area contributed by atoms with E-state index in [2.05, 4.69) is 10.3 Å². The first-order valence-electron chi connectivity index (χ1n) is 7.25. The van der Waals surface area contributed by atoms with Crippen LogP contribution in [0, 0.1) is 0 Å². The molecule has 0 saturated carbocycles. The van der Waals surface area contributed by atoms with Crippen LogP contribution in [0.5, 0.6) is 0 Å². The molecule has 1 aromatic heterocycles. The second kappa shape index (κ2) is 7.98. The summed E-state index contributed by atoms with van der Waals surface area (Å²) >= 11 is 5.57. The number of hydrogen-bond donors (Lipinski definition) is 1. The predicted molar refractivity (Wildman–Crippen MR) is 81.3 cm³/mol. The molecule has 2 amide bonds. The molecule has 1 fully saturated rings. The van der Waals surface area contributed by atoms with Gasteiger partial charge in [-0.15, -0.1) is 11.6 Å². The maximum atomic E-state index is 12.3. The van der Waals surface area contributed by atoms with Crippen LogP contribution in [-0.4, -0.2) is 46.7 Å². The summed E-state index contributed by atoms with van der Waals surface area (Å²) < 4.78 is 0. The number of carbonyl (C=O) groups excluding carboxylic acids is 2. The third kappa shape index (κ3) is 4.70. The Morgan fingerprint density at radius 2 is 2.14 bits per heavy atom. The monoisotopic (exact) mass is 309 g/mol. The van der Waals surface area contributed by atoms with E-state index < -0.39 is 0 Å². The Hall–Kier alpha value is -1.62. The van der Waals surface area contributed by atoms with E-state index in [1.807, 2.05) is 4.90 Å². The molecule has 1 aliphatic rings. The van der Waals surface area contributed by atoms with Crippen molar-refractivity contribution in [2.45, 2.75) is 31.7 Å². The summed E-state index contributed by atoms with van der Waals surface area (Å²) in [6.45, 7) is 1.32. The lowest BCUT2D eigenvalue weighted by Gasteiger charge is -2.32. The summed E-state index contributed by atoms with van der Waals surface area (Å²) in [7, 11) is 0. The lowest BCUT2D eigenvalue weighted by atomic mass is 10.0. The van der Waals surface area contributed by atoms with Crippen LogP contribution < -0.4 is 5.32 Å². The average Bonchev–Trinajstić information content (AvgIpc) is 2.54. The maximum absolute atomic E-state index is 12.3. The summed E-state index contributed by atoms with van der Waals surface area (Å²) in [5, 5.41) is 3.01. The van der Waals surface area contributed by atoms with Gasteiger partial charge >= 0.3 is 0 Å². The molecule has 1 N–H and O–H groups in total. The Morgan fingerprint density at radius 1 is 1.38 bits per heavy atom. The highest BCUT2D eigenvalue weighted by Gasteiger charge is 2.24. The molecule has 1 aromatic rings. The highest BCUT2D eigenvalue weighted by Crippen LogP contribution is 2.14. The number of carbonyl (C=O) groups is 2. The highest BCUT2D eigenvalue weighted by atomic mass is 35.5. The van der Waals surface area contributed by atoms with E-state index in [1.54, 1.807) is 24.5 Å². The molecule has 0 unspecified atom stereocenters. The van der Waals surface area contributed by atoms with Crippen molar-refractivity contribution in [3.63, 3.8) is 0 Å². The fraction of sp³-hybridized carbons (Fsp3) is 0.533. The fourth-order valence-electron chi connectivity index (χ4n) is 2.43. The molecule has 0 spiro atoms. The van der Waals surface area contributed by atoms with Crippen molar-refractivity contribution in [2.75, 3.05) is 19.0 Å². The summed E-state index contributed by atoms with van der Waals surface area (Å²) in [5.74, 6) is 0.563. The van der Waals surface area contributed by atoms with Crippen molar-refractivity contribution in [3.8, 4) is 0 Å². The summed E-state index contributed by atoms with van der Waals surface area (Å²) in [4.78, 5) is 29.7. The molecule has 2 rings (SSSR count). The van der Waals surface area contributed by atoms with Crippen molar-refractivity contribution in [1.29, 1.82) is 0 Å². The van der Waals surface area contributed by atoms with E-state index in [-0.39, 0.29) is 17.9 Å². The van der Waals surface area contributed by atoms with Crippen molar-refractivity contribution in [2.24, 2.45) is 0 Å². The molecule has 114 valence electrons. The molecule has 0 aliphatic carbocycles. The number of piperidine rings is 1. The van der Waals surface area contributed by atoms with Crippen LogP contribution in [0.25, 0.3) is 0 Å². The lowest BCUT2D eigenvalue weighted by molar-refractivity contribution is -0.122. The van der Waals surface area contributed by atoms with Crippen molar-refractivity contribution in [1.82, 2.24) is 15.2 Å². The second-order valence-corrected chi connectivity index (χ2v) is 5.55. The van der Waals surface area contributed by atoms with Gasteiger partial charge in [-0.2, -0.15) is 0 Å². The zero-order chi connectivity index (χ0) is 15.1. The van der Waals surface area contributed by atoms with Gasteiger partial charge in [-0.3, -0.25) is 14.6 Å². The molecular weight excluding hydrogens is 290 g/mol. The summed E-state index contributed by atoms with van der Waals surface area (Å²) in [5.41, 5.74) is 0.613. The van der Waals surface area contributed by atoms with Crippen LogP contribution in [0.2, 0.25) is 0 Å². The fourth-order valence-corrected chi connectivity index (χ4v) is 2.56. The standard InChI is InChI=1S/C15H20ClN3O2/c16-7-1-4-14(20)18-13-5-9-19(10-6-13)15(21)12-3-2-8-17-11-12/h2-3,8,11,13H,1,4-7,9-10H2,(H,18,20). The van der Waals surface area contributed by atoms with Gasteiger partial charge in [0, 0.05) is 43.8 Å². The molecule has 6 heteroatoms. The van der Waals surface area contributed by atoms with Gasteiger partial charge in [0.1, 0.15) is 0 Å². The quantitative estimate of drug-likeness (QED) is 0.844. The van der Waals surface area contributed by atoms with E-state index in [9.17, 15) is 9.59 Å². The van der Waals surface area contributed by atoms with Gasteiger partial charge in [0.2, 0.25) is 5.91 Å². The minimum atomic E-state index is 0.00927. The van der Waals surface area contributed by atoms with Gasteiger partial charge in [0.25, 0.3) is 5.91 Å². The molecule has 2 heterocycles. The number of nitrogens with zero attached hydrogens (tertiary/aromatic N) is 2. The minimum Gasteiger partial charge on any atom is -0.353 e. The molecule has 5 nitrogen and oxygen atoms in total. The van der Waals surface area contributed by atoms with E-state index in [4.69, 9.17) is 11.6 Å². The third-order valence-electron chi connectivity index (χ3n) is 3.59. The largest absolute Gasteiger partial charge is 0.353 e. The summed E-state index contributed by atoms with van der Waals surface area (Å²) in [6.07, 6.45) is 5.99. The Kier molecular flexibility index (Phi) is 5.99.